The number of nitrogens with one attached hydrogen (secondary N) is 2. The number of hydrogen-bond acceptors (Lipinski definition) is 7. The average Bonchev–Trinajstić information content (AvgIpc) is 3.64. The van der Waals surface area contributed by atoms with Crippen molar-refractivity contribution in [1.82, 2.24) is 25.5 Å². The lowest BCUT2D eigenvalue weighted by Crippen LogP contribution is -2.45. The van der Waals surface area contributed by atoms with E-state index in [1.165, 1.54) is 0 Å². The quantitative estimate of drug-likeness (QED) is 0.429. The van der Waals surface area contributed by atoms with E-state index in [1.807, 2.05) is 60.7 Å². The Morgan fingerprint density at radius 2 is 1.56 bits per heavy atom. The van der Waals surface area contributed by atoms with Gasteiger partial charge in [-0.3, -0.25) is 0 Å². The minimum absolute atomic E-state index is 0.188. The lowest BCUT2D eigenvalue weighted by atomic mass is 10.1. The zero-order valence-electron chi connectivity index (χ0n) is 19.2. The molecule has 2 aliphatic heterocycles. The molecule has 2 N–H and O–H groups in total. The van der Waals surface area contributed by atoms with Crippen LogP contribution in [0, 0.1) is 0 Å². The fourth-order valence-corrected chi connectivity index (χ4v) is 4.57. The number of rotatable bonds is 6. The molecule has 2 saturated heterocycles. The van der Waals surface area contributed by atoms with Crippen LogP contribution in [-0.2, 0) is 9.47 Å². The van der Waals surface area contributed by atoms with E-state index in [9.17, 15) is 4.79 Å². The van der Waals surface area contributed by atoms with E-state index in [-0.39, 0.29) is 30.3 Å². The van der Waals surface area contributed by atoms with Gasteiger partial charge in [0.05, 0.1) is 19.3 Å². The highest BCUT2D eigenvalue weighted by Crippen LogP contribution is 2.35. The standard InChI is InChI=1S/C26H24N6O4/c33-26(27-18-11-13-20(14-12-18)36-19-9-5-2-6-10-19)28-21-15-34-24-22(16-35-23(21)24)32-25(29-30-31-32)17-7-3-1-4-8-17/h1-14,21-24H,15-16H2,(H2,27,28,33). The summed E-state index contributed by atoms with van der Waals surface area (Å²) in [6.45, 7) is 0.731. The maximum atomic E-state index is 12.7. The molecule has 4 aromatic rings. The van der Waals surface area contributed by atoms with Crippen LogP contribution in [0.25, 0.3) is 11.4 Å². The topological polar surface area (TPSA) is 112 Å². The predicted molar refractivity (Wildman–Crippen MR) is 131 cm³/mol. The Morgan fingerprint density at radius 3 is 2.33 bits per heavy atom. The fraction of sp³-hybridized carbons (Fsp3) is 0.231. The number of para-hydroxylation sites is 1. The molecular weight excluding hydrogens is 460 g/mol. The number of aromatic nitrogens is 4. The van der Waals surface area contributed by atoms with Gasteiger partial charge in [0.1, 0.15) is 29.7 Å². The van der Waals surface area contributed by atoms with Crippen molar-refractivity contribution in [1.29, 1.82) is 0 Å². The molecule has 3 heterocycles. The van der Waals surface area contributed by atoms with Crippen molar-refractivity contribution >= 4 is 11.7 Å². The second kappa shape index (κ2) is 9.76. The van der Waals surface area contributed by atoms with Gasteiger partial charge in [-0.2, -0.15) is 0 Å². The summed E-state index contributed by atoms with van der Waals surface area (Å²) < 4.78 is 19.6. The summed E-state index contributed by atoms with van der Waals surface area (Å²) in [5, 5.41) is 18.1. The van der Waals surface area contributed by atoms with Crippen LogP contribution in [0.2, 0.25) is 0 Å². The highest BCUT2D eigenvalue weighted by Gasteiger charge is 2.50. The summed E-state index contributed by atoms with van der Waals surface area (Å²) in [5.41, 5.74) is 1.56. The van der Waals surface area contributed by atoms with Crippen LogP contribution in [0.4, 0.5) is 10.5 Å². The summed E-state index contributed by atoms with van der Waals surface area (Å²) in [7, 11) is 0. The SMILES string of the molecule is O=C(Nc1ccc(Oc2ccccc2)cc1)NC1COC2C1OCC2n1nnnc1-c1ccccc1. The maximum Gasteiger partial charge on any atom is 0.319 e. The monoisotopic (exact) mass is 484 g/mol. The number of hydrogen-bond donors (Lipinski definition) is 2. The van der Waals surface area contributed by atoms with Crippen LogP contribution < -0.4 is 15.4 Å². The number of benzene rings is 3. The van der Waals surface area contributed by atoms with E-state index < -0.39 is 0 Å². The molecule has 0 spiro atoms. The molecule has 10 heteroatoms. The van der Waals surface area contributed by atoms with Gasteiger partial charge in [0.25, 0.3) is 0 Å². The third-order valence-corrected chi connectivity index (χ3v) is 6.27. The molecule has 1 aromatic heterocycles. The van der Waals surface area contributed by atoms with Crippen molar-refractivity contribution in [2.24, 2.45) is 0 Å². The Morgan fingerprint density at radius 1 is 0.861 bits per heavy atom. The number of carbonyl (C=O) groups excluding carboxylic acids is 1. The van der Waals surface area contributed by atoms with Gasteiger partial charge in [0, 0.05) is 11.3 Å². The van der Waals surface area contributed by atoms with Gasteiger partial charge in [-0.25, -0.2) is 9.48 Å². The van der Waals surface area contributed by atoms with E-state index in [0.717, 1.165) is 11.3 Å². The first-order valence-electron chi connectivity index (χ1n) is 11.7. The number of tetrazole rings is 1. The second-order valence-corrected chi connectivity index (χ2v) is 8.62. The Bertz CT molecular complexity index is 1320. The number of fused-ring (bicyclic) bond motifs is 1. The lowest BCUT2D eigenvalue weighted by Gasteiger charge is -2.18. The largest absolute Gasteiger partial charge is 0.457 e. The number of urea groups is 1. The Labute approximate surface area is 207 Å². The second-order valence-electron chi connectivity index (χ2n) is 8.62. The number of amides is 2. The summed E-state index contributed by atoms with van der Waals surface area (Å²) in [6.07, 6.45) is -0.564. The molecule has 3 aromatic carbocycles. The highest BCUT2D eigenvalue weighted by molar-refractivity contribution is 5.89. The molecule has 0 bridgehead atoms. The summed E-state index contributed by atoms with van der Waals surface area (Å²) in [4.78, 5) is 12.7. The molecule has 36 heavy (non-hydrogen) atoms. The highest BCUT2D eigenvalue weighted by atomic mass is 16.6. The summed E-state index contributed by atoms with van der Waals surface area (Å²) in [6, 6.07) is 25.6. The number of ether oxygens (including phenoxy) is 3. The third-order valence-electron chi connectivity index (χ3n) is 6.27. The fourth-order valence-electron chi connectivity index (χ4n) is 4.57. The molecule has 0 radical (unpaired) electrons. The van der Waals surface area contributed by atoms with Crippen molar-refractivity contribution in [2.75, 3.05) is 18.5 Å². The normalized spacial score (nSPS) is 22.7. The smallest absolute Gasteiger partial charge is 0.319 e. The predicted octanol–water partition coefficient (Wildman–Crippen LogP) is 3.66. The van der Waals surface area contributed by atoms with E-state index in [4.69, 9.17) is 14.2 Å². The van der Waals surface area contributed by atoms with E-state index in [1.54, 1.807) is 28.9 Å². The van der Waals surface area contributed by atoms with Crippen molar-refractivity contribution in [3.05, 3.63) is 84.9 Å². The van der Waals surface area contributed by atoms with Gasteiger partial charge in [0.15, 0.2) is 5.82 Å². The van der Waals surface area contributed by atoms with Gasteiger partial charge >= 0.3 is 6.03 Å². The van der Waals surface area contributed by atoms with Crippen LogP contribution in [0.15, 0.2) is 84.9 Å². The van der Waals surface area contributed by atoms with E-state index in [2.05, 4.69) is 26.2 Å². The molecule has 182 valence electrons. The van der Waals surface area contributed by atoms with Gasteiger partial charge in [-0.15, -0.1) is 5.10 Å². The molecule has 0 aliphatic carbocycles. The third kappa shape index (κ3) is 4.51. The van der Waals surface area contributed by atoms with Crippen molar-refractivity contribution in [3.63, 3.8) is 0 Å². The van der Waals surface area contributed by atoms with Crippen LogP contribution in [0.5, 0.6) is 11.5 Å². The molecule has 6 rings (SSSR count). The minimum Gasteiger partial charge on any atom is -0.457 e. The van der Waals surface area contributed by atoms with Gasteiger partial charge in [-0.05, 0) is 46.8 Å². The van der Waals surface area contributed by atoms with Crippen LogP contribution in [0.1, 0.15) is 6.04 Å². The van der Waals surface area contributed by atoms with Gasteiger partial charge in [0.2, 0.25) is 0 Å². The van der Waals surface area contributed by atoms with Crippen molar-refractivity contribution < 1.29 is 19.0 Å². The molecule has 4 unspecified atom stereocenters. The van der Waals surface area contributed by atoms with E-state index in [0.29, 0.717) is 30.5 Å². The first-order chi connectivity index (χ1) is 17.7. The van der Waals surface area contributed by atoms with Crippen LogP contribution in [-0.4, -0.2) is 57.7 Å². The minimum atomic E-state index is -0.333. The molecule has 4 atom stereocenters. The van der Waals surface area contributed by atoms with Gasteiger partial charge < -0.3 is 24.8 Å². The van der Waals surface area contributed by atoms with Crippen molar-refractivity contribution in [2.45, 2.75) is 24.3 Å². The average molecular weight is 485 g/mol. The summed E-state index contributed by atoms with van der Waals surface area (Å²) in [5.74, 6) is 2.09. The van der Waals surface area contributed by atoms with E-state index >= 15 is 0 Å². The molecule has 0 saturated carbocycles. The molecule has 10 nitrogen and oxygen atoms in total. The zero-order valence-corrected chi connectivity index (χ0v) is 19.2. The molecule has 2 amide bonds. The number of carbonyl (C=O) groups is 1. The molecule has 2 aliphatic rings. The number of anilines is 1. The summed E-state index contributed by atoms with van der Waals surface area (Å²) >= 11 is 0. The Kier molecular flexibility index (Phi) is 6.02. The molecular formula is C26H24N6O4. The zero-order chi connectivity index (χ0) is 24.3. The van der Waals surface area contributed by atoms with Gasteiger partial charge in [-0.1, -0.05) is 48.5 Å². The first kappa shape index (κ1) is 22.2. The Hall–Kier alpha value is -4.28. The lowest BCUT2D eigenvalue weighted by molar-refractivity contribution is 0.0624. The van der Waals surface area contributed by atoms with Crippen LogP contribution in [0.3, 0.4) is 0 Å². The maximum absolute atomic E-state index is 12.7. The van der Waals surface area contributed by atoms with Crippen LogP contribution >= 0.6 is 0 Å². The molecule has 2 fully saturated rings. The Balaban J connectivity index is 1.06. The first-order valence-corrected chi connectivity index (χ1v) is 11.7. The number of nitrogens with zero attached hydrogens (tertiary/aromatic N) is 4. The van der Waals surface area contributed by atoms with Crippen molar-refractivity contribution in [3.8, 4) is 22.9 Å².